The number of carbonyl (C=O) groups is 1. The van der Waals surface area contributed by atoms with E-state index in [1.54, 1.807) is 29.5 Å². The Bertz CT molecular complexity index is 886. The van der Waals surface area contributed by atoms with Crippen LogP contribution in [0.2, 0.25) is 0 Å². The summed E-state index contributed by atoms with van der Waals surface area (Å²) in [6, 6.07) is 5.01. The summed E-state index contributed by atoms with van der Waals surface area (Å²) >= 11 is 1.63. The van der Waals surface area contributed by atoms with Crippen LogP contribution in [0.5, 0.6) is 0 Å². The van der Waals surface area contributed by atoms with E-state index in [1.807, 2.05) is 13.8 Å². The first-order chi connectivity index (χ1) is 10.5. The number of aromatic nitrogens is 2. The number of hydrogen-bond donors (Lipinski definition) is 2. The number of anilines is 2. The maximum Gasteiger partial charge on any atom is 0.335 e. The SMILES string of the molecule is Cc1ccc(C(=O)O)cc1Nc1ncnc2sc(C)c(C)c12. The average Bonchev–Trinajstić information content (AvgIpc) is 2.77. The Morgan fingerprint density at radius 1 is 1.23 bits per heavy atom. The lowest BCUT2D eigenvalue weighted by molar-refractivity contribution is 0.0697. The Morgan fingerprint density at radius 3 is 2.73 bits per heavy atom. The van der Waals surface area contributed by atoms with Gasteiger partial charge in [0.25, 0.3) is 0 Å². The molecule has 0 atom stereocenters. The lowest BCUT2D eigenvalue weighted by atomic mass is 10.1. The van der Waals surface area contributed by atoms with Gasteiger partial charge in [-0.3, -0.25) is 0 Å². The molecule has 0 aliphatic heterocycles. The molecular formula is C16H15N3O2S. The number of thiophene rings is 1. The summed E-state index contributed by atoms with van der Waals surface area (Å²) in [4.78, 5) is 21.9. The molecule has 0 amide bonds. The monoisotopic (exact) mass is 313 g/mol. The van der Waals surface area contributed by atoms with Crippen LogP contribution in [0, 0.1) is 20.8 Å². The lowest BCUT2D eigenvalue weighted by Crippen LogP contribution is -2.01. The quantitative estimate of drug-likeness (QED) is 0.762. The van der Waals surface area contributed by atoms with Crippen molar-refractivity contribution in [3.63, 3.8) is 0 Å². The molecule has 0 radical (unpaired) electrons. The van der Waals surface area contributed by atoms with Gasteiger partial charge in [0.05, 0.1) is 10.9 Å². The minimum Gasteiger partial charge on any atom is -0.478 e. The van der Waals surface area contributed by atoms with Gasteiger partial charge in [-0.25, -0.2) is 14.8 Å². The molecule has 2 heterocycles. The van der Waals surface area contributed by atoms with Crippen LogP contribution in [0.3, 0.4) is 0 Å². The summed E-state index contributed by atoms with van der Waals surface area (Å²) in [5, 5.41) is 13.4. The largest absolute Gasteiger partial charge is 0.478 e. The minimum absolute atomic E-state index is 0.247. The van der Waals surface area contributed by atoms with E-state index in [0.717, 1.165) is 27.0 Å². The average molecular weight is 313 g/mol. The molecule has 2 aromatic heterocycles. The van der Waals surface area contributed by atoms with Crippen molar-refractivity contribution >= 4 is 39.0 Å². The first kappa shape index (κ1) is 14.5. The number of nitrogens with one attached hydrogen (secondary N) is 1. The van der Waals surface area contributed by atoms with Gasteiger partial charge in [0.15, 0.2) is 0 Å². The van der Waals surface area contributed by atoms with E-state index in [2.05, 4.69) is 22.2 Å². The number of fused-ring (bicyclic) bond motifs is 1. The van der Waals surface area contributed by atoms with Gasteiger partial charge in [-0.05, 0) is 44.0 Å². The molecule has 0 fully saturated rings. The van der Waals surface area contributed by atoms with Gasteiger partial charge in [-0.15, -0.1) is 11.3 Å². The molecule has 112 valence electrons. The van der Waals surface area contributed by atoms with Gasteiger partial charge < -0.3 is 10.4 Å². The maximum absolute atomic E-state index is 11.1. The molecule has 3 aromatic rings. The fourth-order valence-corrected chi connectivity index (χ4v) is 3.29. The number of aromatic carboxylic acids is 1. The number of aryl methyl sites for hydroxylation is 3. The van der Waals surface area contributed by atoms with Gasteiger partial charge >= 0.3 is 5.97 Å². The standard InChI is InChI=1S/C16H15N3O2S/c1-8-4-5-11(16(20)21)6-12(8)19-14-13-9(2)10(3)22-15(13)18-7-17-14/h4-7H,1-3H3,(H,20,21)(H,17,18,19). The topological polar surface area (TPSA) is 75.1 Å². The van der Waals surface area contributed by atoms with E-state index >= 15 is 0 Å². The van der Waals surface area contributed by atoms with E-state index in [4.69, 9.17) is 5.11 Å². The Labute approximate surface area is 131 Å². The highest BCUT2D eigenvalue weighted by Gasteiger charge is 2.13. The number of benzene rings is 1. The number of nitrogens with zero attached hydrogens (tertiary/aromatic N) is 2. The molecule has 0 aliphatic rings. The van der Waals surface area contributed by atoms with Gasteiger partial charge in [0.1, 0.15) is 17.0 Å². The van der Waals surface area contributed by atoms with E-state index in [-0.39, 0.29) is 5.56 Å². The molecule has 0 bridgehead atoms. The second-order valence-electron chi connectivity index (χ2n) is 5.15. The van der Waals surface area contributed by atoms with E-state index < -0.39 is 5.97 Å². The van der Waals surface area contributed by atoms with Crippen LogP contribution in [0.15, 0.2) is 24.5 Å². The van der Waals surface area contributed by atoms with E-state index in [0.29, 0.717) is 5.82 Å². The smallest absolute Gasteiger partial charge is 0.335 e. The van der Waals surface area contributed by atoms with Crippen molar-refractivity contribution in [2.24, 2.45) is 0 Å². The summed E-state index contributed by atoms with van der Waals surface area (Å²) in [6.07, 6.45) is 1.52. The molecule has 2 N–H and O–H groups in total. The molecule has 5 nitrogen and oxygen atoms in total. The van der Waals surface area contributed by atoms with Crippen LogP contribution in [-0.4, -0.2) is 21.0 Å². The van der Waals surface area contributed by atoms with Crippen LogP contribution < -0.4 is 5.32 Å². The highest BCUT2D eigenvalue weighted by molar-refractivity contribution is 7.18. The van der Waals surface area contributed by atoms with Crippen molar-refractivity contribution in [1.82, 2.24) is 9.97 Å². The Balaban J connectivity index is 2.11. The second-order valence-corrected chi connectivity index (χ2v) is 6.35. The molecular weight excluding hydrogens is 298 g/mol. The normalized spacial score (nSPS) is 10.9. The van der Waals surface area contributed by atoms with Crippen LogP contribution in [0.1, 0.15) is 26.4 Å². The third-order valence-electron chi connectivity index (χ3n) is 3.70. The zero-order valence-corrected chi connectivity index (χ0v) is 13.3. The van der Waals surface area contributed by atoms with E-state index in [1.165, 1.54) is 11.2 Å². The molecule has 1 aromatic carbocycles. The third kappa shape index (κ3) is 2.42. The van der Waals surface area contributed by atoms with E-state index in [9.17, 15) is 4.79 Å². The number of carboxylic acids is 1. The summed E-state index contributed by atoms with van der Waals surface area (Å²) < 4.78 is 0. The maximum atomic E-state index is 11.1. The fraction of sp³-hybridized carbons (Fsp3) is 0.188. The predicted molar refractivity (Wildman–Crippen MR) is 88.3 cm³/mol. The van der Waals surface area contributed by atoms with Crippen molar-refractivity contribution in [1.29, 1.82) is 0 Å². The van der Waals surface area contributed by atoms with Crippen molar-refractivity contribution in [3.05, 3.63) is 46.1 Å². The van der Waals surface area contributed by atoms with Gasteiger partial charge in [0, 0.05) is 10.6 Å². The second kappa shape index (κ2) is 5.38. The molecule has 0 unspecified atom stereocenters. The molecule has 0 saturated carbocycles. The molecule has 0 aliphatic carbocycles. The molecule has 6 heteroatoms. The number of hydrogen-bond acceptors (Lipinski definition) is 5. The van der Waals surface area contributed by atoms with Gasteiger partial charge in [-0.1, -0.05) is 6.07 Å². The minimum atomic E-state index is -0.946. The number of rotatable bonds is 3. The van der Waals surface area contributed by atoms with Crippen LogP contribution in [-0.2, 0) is 0 Å². The van der Waals surface area contributed by atoms with Crippen molar-refractivity contribution in [3.8, 4) is 0 Å². The summed E-state index contributed by atoms with van der Waals surface area (Å²) in [6.45, 7) is 6.03. The Morgan fingerprint density at radius 2 is 2.00 bits per heavy atom. The first-order valence-corrected chi connectivity index (χ1v) is 7.60. The van der Waals surface area contributed by atoms with Crippen molar-refractivity contribution in [2.45, 2.75) is 20.8 Å². The van der Waals surface area contributed by atoms with Crippen molar-refractivity contribution < 1.29 is 9.90 Å². The summed E-state index contributed by atoms with van der Waals surface area (Å²) in [7, 11) is 0. The van der Waals surface area contributed by atoms with Crippen LogP contribution in [0.4, 0.5) is 11.5 Å². The zero-order valence-electron chi connectivity index (χ0n) is 12.5. The molecule has 0 saturated heterocycles. The Kier molecular flexibility index (Phi) is 3.54. The predicted octanol–water partition coefficient (Wildman–Crippen LogP) is 4.06. The van der Waals surface area contributed by atoms with Crippen LogP contribution >= 0.6 is 11.3 Å². The Hall–Kier alpha value is -2.47. The zero-order chi connectivity index (χ0) is 15.9. The van der Waals surface area contributed by atoms with Crippen LogP contribution in [0.25, 0.3) is 10.2 Å². The van der Waals surface area contributed by atoms with Gasteiger partial charge in [0.2, 0.25) is 0 Å². The lowest BCUT2D eigenvalue weighted by Gasteiger charge is -2.11. The summed E-state index contributed by atoms with van der Waals surface area (Å²) in [5.41, 5.74) is 3.09. The molecule has 3 rings (SSSR count). The fourth-order valence-electron chi connectivity index (χ4n) is 2.29. The molecule has 22 heavy (non-hydrogen) atoms. The first-order valence-electron chi connectivity index (χ1n) is 6.79. The highest BCUT2D eigenvalue weighted by Crippen LogP contribution is 2.34. The third-order valence-corrected chi connectivity index (χ3v) is 4.82. The molecule has 0 spiro atoms. The highest BCUT2D eigenvalue weighted by atomic mass is 32.1. The number of carboxylic acid groups (broad SMARTS) is 1. The summed E-state index contributed by atoms with van der Waals surface area (Å²) in [5.74, 6) is -0.240. The van der Waals surface area contributed by atoms with Crippen molar-refractivity contribution in [2.75, 3.05) is 5.32 Å². The van der Waals surface area contributed by atoms with Gasteiger partial charge in [-0.2, -0.15) is 0 Å².